The fourth-order valence-electron chi connectivity index (χ4n) is 1.62. The van der Waals surface area contributed by atoms with Crippen LogP contribution in [0, 0.1) is 5.82 Å². The highest BCUT2D eigenvalue weighted by Gasteiger charge is 2.01. The zero-order chi connectivity index (χ0) is 13.5. The lowest BCUT2D eigenvalue weighted by Gasteiger charge is -2.03. The molecule has 98 valence electrons. The maximum absolute atomic E-state index is 13.5. The van der Waals surface area contributed by atoms with Crippen molar-refractivity contribution in [3.8, 4) is 0 Å². The van der Waals surface area contributed by atoms with Gasteiger partial charge < -0.3 is 4.74 Å². The first-order valence-electron chi connectivity index (χ1n) is 5.99. The molecule has 0 radical (unpaired) electrons. The van der Waals surface area contributed by atoms with Gasteiger partial charge in [0.2, 0.25) is 0 Å². The molecule has 1 nitrogen and oxygen atoms in total. The molecule has 0 aromatic heterocycles. The summed E-state index contributed by atoms with van der Waals surface area (Å²) in [4.78, 5) is 0. The van der Waals surface area contributed by atoms with Gasteiger partial charge in [-0.25, -0.2) is 4.39 Å². The summed E-state index contributed by atoms with van der Waals surface area (Å²) < 4.78 is 19.7. The molecule has 19 heavy (non-hydrogen) atoms. The average Bonchev–Trinajstić information content (AvgIpc) is 2.42. The van der Waals surface area contributed by atoms with Gasteiger partial charge in [-0.3, -0.25) is 0 Å². The lowest BCUT2D eigenvalue weighted by Crippen LogP contribution is -1.96. The zero-order valence-electron chi connectivity index (χ0n) is 10.4. The third-order valence-electron chi connectivity index (χ3n) is 2.60. The first kappa shape index (κ1) is 14.0. The van der Waals surface area contributed by atoms with E-state index < -0.39 is 0 Å². The molecule has 0 heterocycles. The van der Waals surface area contributed by atoms with E-state index in [9.17, 15) is 4.39 Å². The summed E-state index contributed by atoms with van der Waals surface area (Å²) in [7, 11) is 0. The van der Waals surface area contributed by atoms with E-state index in [1.807, 2.05) is 48.6 Å². The third-order valence-corrected chi connectivity index (χ3v) is 3.09. The summed E-state index contributed by atoms with van der Waals surface area (Å²) in [6.07, 6.45) is 3.91. The quantitative estimate of drug-likeness (QED) is 0.718. The van der Waals surface area contributed by atoms with Crippen molar-refractivity contribution in [1.82, 2.24) is 0 Å². The Hall–Kier alpha value is -1.45. The topological polar surface area (TPSA) is 9.23 Å². The van der Waals surface area contributed by atoms with Crippen LogP contribution in [0.3, 0.4) is 0 Å². The standard InChI is InChI=1S/C16H14BrFO/c17-15-9-8-14(16(18)11-15)12-19-10-4-7-13-5-2-1-3-6-13/h1-9,11H,10,12H2. The molecule has 0 aliphatic carbocycles. The summed E-state index contributed by atoms with van der Waals surface area (Å²) in [6, 6.07) is 15.0. The average molecular weight is 321 g/mol. The maximum atomic E-state index is 13.5. The summed E-state index contributed by atoms with van der Waals surface area (Å²) in [5.41, 5.74) is 1.69. The fraction of sp³-hybridized carbons (Fsp3) is 0.125. The molecule has 0 bridgehead atoms. The van der Waals surface area contributed by atoms with Gasteiger partial charge in [-0.15, -0.1) is 0 Å². The molecule has 0 amide bonds. The van der Waals surface area contributed by atoms with Crippen molar-refractivity contribution in [1.29, 1.82) is 0 Å². The Morgan fingerprint density at radius 2 is 1.89 bits per heavy atom. The van der Waals surface area contributed by atoms with Crippen LogP contribution in [0.2, 0.25) is 0 Å². The van der Waals surface area contributed by atoms with E-state index >= 15 is 0 Å². The lowest BCUT2D eigenvalue weighted by molar-refractivity contribution is 0.146. The van der Waals surface area contributed by atoms with Crippen molar-refractivity contribution in [2.24, 2.45) is 0 Å². The summed E-state index contributed by atoms with van der Waals surface area (Å²) >= 11 is 3.22. The Balaban J connectivity index is 1.79. The predicted octanol–water partition coefficient (Wildman–Crippen LogP) is 4.82. The van der Waals surface area contributed by atoms with Crippen molar-refractivity contribution in [3.63, 3.8) is 0 Å². The second-order valence-corrected chi connectivity index (χ2v) is 4.98. The number of ether oxygens (including phenoxy) is 1. The SMILES string of the molecule is Fc1cc(Br)ccc1COCC=Cc1ccccc1. The van der Waals surface area contributed by atoms with E-state index in [0.717, 1.165) is 10.0 Å². The molecular weight excluding hydrogens is 307 g/mol. The number of rotatable bonds is 5. The molecule has 0 spiro atoms. The summed E-state index contributed by atoms with van der Waals surface area (Å²) in [5.74, 6) is -0.249. The molecule has 0 N–H and O–H groups in total. The smallest absolute Gasteiger partial charge is 0.129 e. The molecule has 0 saturated heterocycles. The van der Waals surface area contributed by atoms with Crippen LogP contribution < -0.4 is 0 Å². The van der Waals surface area contributed by atoms with Crippen molar-refractivity contribution in [3.05, 3.63) is 76.0 Å². The van der Waals surface area contributed by atoms with Crippen LogP contribution >= 0.6 is 15.9 Å². The molecule has 2 aromatic rings. The second kappa shape index (κ2) is 7.22. The second-order valence-electron chi connectivity index (χ2n) is 4.06. The third kappa shape index (κ3) is 4.62. The number of halogens is 2. The monoisotopic (exact) mass is 320 g/mol. The van der Waals surface area contributed by atoms with Gasteiger partial charge in [0, 0.05) is 10.0 Å². The van der Waals surface area contributed by atoms with Crippen LogP contribution in [0.5, 0.6) is 0 Å². The molecule has 0 aliphatic heterocycles. The highest BCUT2D eigenvalue weighted by molar-refractivity contribution is 9.10. The normalized spacial score (nSPS) is 11.1. The molecule has 2 rings (SSSR count). The van der Waals surface area contributed by atoms with Crippen LogP contribution in [0.15, 0.2) is 59.1 Å². The van der Waals surface area contributed by atoms with Crippen LogP contribution in [0.4, 0.5) is 4.39 Å². The van der Waals surface area contributed by atoms with E-state index in [4.69, 9.17) is 4.74 Å². The van der Waals surface area contributed by atoms with Crippen LogP contribution in [0.1, 0.15) is 11.1 Å². The van der Waals surface area contributed by atoms with Crippen LogP contribution in [-0.4, -0.2) is 6.61 Å². The van der Waals surface area contributed by atoms with Gasteiger partial charge in [0.15, 0.2) is 0 Å². The van der Waals surface area contributed by atoms with Gasteiger partial charge in [0.25, 0.3) is 0 Å². The number of hydrogen-bond acceptors (Lipinski definition) is 1. The van der Waals surface area contributed by atoms with Gasteiger partial charge in [-0.1, -0.05) is 64.5 Å². The predicted molar refractivity (Wildman–Crippen MR) is 79.2 cm³/mol. The Kier molecular flexibility index (Phi) is 5.31. The van der Waals surface area contributed by atoms with Gasteiger partial charge in [-0.2, -0.15) is 0 Å². The first-order valence-corrected chi connectivity index (χ1v) is 6.78. The first-order chi connectivity index (χ1) is 9.25. The van der Waals surface area contributed by atoms with Crippen molar-refractivity contribution >= 4 is 22.0 Å². The summed E-state index contributed by atoms with van der Waals surface area (Å²) in [5, 5.41) is 0. The van der Waals surface area contributed by atoms with E-state index in [1.54, 1.807) is 6.07 Å². The molecular formula is C16H14BrFO. The summed E-state index contributed by atoms with van der Waals surface area (Å²) in [6.45, 7) is 0.739. The molecule has 0 aliphatic rings. The van der Waals surface area contributed by atoms with Gasteiger partial charge in [0.05, 0.1) is 13.2 Å². The van der Waals surface area contributed by atoms with Crippen LogP contribution in [0.25, 0.3) is 6.08 Å². The Morgan fingerprint density at radius 1 is 1.11 bits per heavy atom. The van der Waals surface area contributed by atoms with E-state index in [-0.39, 0.29) is 12.4 Å². The molecule has 0 unspecified atom stereocenters. The van der Waals surface area contributed by atoms with Gasteiger partial charge in [0.1, 0.15) is 5.82 Å². The largest absolute Gasteiger partial charge is 0.373 e. The van der Waals surface area contributed by atoms with E-state index in [1.165, 1.54) is 6.07 Å². The Labute approximate surface area is 120 Å². The minimum absolute atomic E-state index is 0.249. The minimum Gasteiger partial charge on any atom is -0.373 e. The molecule has 0 atom stereocenters. The van der Waals surface area contributed by atoms with E-state index in [2.05, 4.69) is 15.9 Å². The Morgan fingerprint density at radius 3 is 2.63 bits per heavy atom. The molecule has 0 saturated carbocycles. The number of benzene rings is 2. The van der Waals surface area contributed by atoms with Gasteiger partial charge in [-0.05, 0) is 17.7 Å². The highest BCUT2D eigenvalue weighted by atomic mass is 79.9. The van der Waals surface area contributed by atoms with Crippen molar-refractivity contribution < 1.29 is 9.13 Å². The zero-order valence-corrected chi connectivity index (χ0v) is 11.9. The number of hydrogen-bond donors (Lipinski definition) is 0. The minimum atomic E-state index is -0.249. The van der Waals surface area contributed by atoms with Crippen LogP contribution in [-0.2, 0) is 11.3 Å². The molecule has 0 fully saturated rings. The highest BCUT2D eigenvalue weighted by Crippen LogP contribution is 2.15. The lowest BCUT2D eigenvalue weighted by atomic mass is 10.2. The Bertz CT molecular complexity index is 552. The maximum Gasteiger partial charge on any atom is 0.129 e. The molecule has 3 heteroatoms. The van der Waals surface area contributed by atoms with Crippen molar-refractivity contribution in [2.45, 2.75) is 6.61 Å². The van der Waals surface area contributed by atoms with Gasteiger partial charge >= 0.3 is 0 Å². The van der Waals surface area contributed by atoms with Crippen molar-refractivity contribution in [2.75, 3.05) is 6.61 Å². The van der Waals surface area contributed by atoms with E-state index in [0.29, 0.717) is 12.2 Å². The molecule has 2 aromatic carbocycles. The fourth-order valence-corrected chi connectivity index (χ4v) is 1.96.